The second-order valence-corrected chi connectivity index (χ2v) is 5.37. The molecule has 0 aliphatic rings. The fourth-order valence-corrected chi connectivity index (χ4v) is 2.30. The highest BCUT2D eigenvalue weighted by Gasteiger charge is 2.19. The van der Waals surface area contributed by atoms with Crippen LogP contribution in [0.3, 0.4) is 0 Å². The van der Waals surface area contributed by atoms with Crippen LogP contribution in [0, 0.1) is 6.92 Å². The maximum atomic E-state index is 12.4. The van der Waals surface area contributed by atoms with Crippen molar-refractivity contribution in [3.63, 3.8) is 0 Å². The molecule has 0 aliphatic carbocycles. The number of anilines is 1. The zero-order chi connectivity index (χ0) is 15.2. The number of nitrogens with two attached hydrogens (primary N) is 1. The number of carbonyl (C=O) groups excluding carboxylic acids is 1. The SMILES string of the molecule is Cc1cccc(N(C)C(=O)C(N)CCc2ccccc2)c1. The van der Waals surface area contributed by atoms with Gasteiger partial charge in [0.1, 0.15) is 0 Å². The van der Waals surface area contributed by atoms with E-state index in [2.05, 4.69) is 12.1 Å². The first kappa shape index (κ1) is 15.3. The van der Waals surface area contributed by atoms with Crippen molar-refractivity contribution < 1.29 is 4.79 Å². The van der Waals surface area contributed by atoms with Crippen LogP contribution in [-0.2, 0) is 11.2 Å². The molecule has 0 heterocycles. The first-order valence-corrected chi connectivity index (χ1v) is 7.21. The van der Waals surface area contributed by atoms with Gasteiger partial charge in [0.15, 0.2) is 0 Å². The number of rotatable bonds is 5. The van der Waals surface area contributed by atoms with Gasteiger partial charge in [-0.25, -0.2) is 0 Å². The summed E-state index contributed by atoms with van der Waals surface area (Å²) in [6.07, 6.45) is 1.47. The fraction of sp³-hybridized carbons (Fsp3) is 0.278. The predicted molar refractivity (Wildman–Crippen MR) is 87.3 cm³/mol. The lowest BCUT2D eigenvalue weighted by Gasteiger charge is -2.21. The number of amides is 1. The summed E-state index contributed by atoms with van der Waals surface area (Å²) >= 11 is 0. The molecule has 0 fully saturated rings. The van der Waals surface area contributed by atoms with Gasteiger partial charge in [-0.2, -0.15) is 0 Å². The third kappa shape index (κ3) is 4.17. The number of hydrogen-bond acceptors (Lipinski definition) is 2. The van der Waals surface area contributed by atoms with Crippen LogP contribution in [-0.4, -0.2) is 19.0 Å². The monoisotopic (exact) mass is 282 g/mol. The standard InChI is InChI=1S/C18H22N2O/c1-14-7-6-10-16(13-14)20(2)18(21)17(19)12-11-15-8-4-3-5-9-15/h3-10,13,17H,11-12,19H2,1-2H3. The van der Waals surface area contributed by atoms with Gasteiger partial charge in [0.25, 0.3) is 0 Å². The summed E-state index contributed by atoms with van der Waals surface area (Å²) in [6, 6.07) is 17.5. The van der Waals surface area contributed by atoms with Crippen molar-refractivity contribution in [1.82, 2.24) is 0 Å². The lowest BCUT2D eigenvalue weighted by molar-refractivity contribution is -0.119. The molecule has 3 nitrogen and oxygen atoms in total. The summed E-state index contributed by atoms with van der Waals surface area (Å²) in [5.74, 6) is -0.0449. The van der Waals surface area contributed by atoms with E-state index in [1.54, 1.807) is 11.9 Å². The van der Waals surface area contributed by atoms with Gasteiger partial charge in [-0.15, -0.1) is 0 Å². The van der Waals surface area contributed by atoms with Crippen molar-refractivity contribution in [1.29, 1.82) is 0 Å². The molecule has 0 saturated carbocycles. The molecule has 2 rings (SSSR count). The Morgan fingerprint density at radius 3 is 2.52 bits per heavy atom. The molecule has 0 saturated heterocycles. The Labute approximate surface area is 126 Å². The maximum Gasteiger partial charge on any atom is 0.243 e. The Kier molecular flexibility index (Phi) is 5.12. The molecular weight excluding hydrogens is 260 g/mol. The molecule has 2 N–H and O–H groups in total. The van der Waals surface area contributed by atoms with E-state index in [-0.39, 0.29) is 5.91 Å². The van der Waals surface area contributed by atoms with Crippen LogP contribution in [0.4, 0.5) is 5.69 Å². The van der Waals surface area contributed by atoms with Gasteiger partial charge >= 0.3 is 0 Å². The van der Waals surface area contributed by atoms with Gasteiger partial charge in [-0.1, -0.05) is 42.5 Å². The number of hydrogen-bond donors (Lipinski definition) is 1. The molecule has 3 heteroatoms. The van der Waals surface area contributed by atoms with Gasteiger partial charge < -0.3 is 10.6 Å². The van der Waals surface area contributed by atoms with Crippen LogP contribution in [0.2, 0.25) is 0 Å². The lowest BCUT2D eigenvalue weighted by atomic mass is 10.0. The van der Waals surface area contributed by atoms with Crippen LogP contribution in [0.15, 0.2) is 54.6 Å². The van der Waals surface area contributed by atoms with E-state index < -0.39 is 6.04 Å². The summed E-state index contributed by atoms with van der Waals surface area (Å²) in [4.78, 5) is 14.0. The summed E-state index contributed by atoms with van der Waals surface area (Å²) in [6.45, 7) is 2.01. The van der Waals surface area contributed by atoms with Crippen molar-refractivity contribution in [3.05, 3.63) is 65.7 Å². The summed E-state index contributed by atoms with van der Waals surface area (Å²) in [5, 5.41) is 0. The van der Waals surface area contributed by atoms with E-state index in [1.165, 1.54) is 5.56 Å². The molecule has 0 radical (unpaired) electrons. The molecule has 1 amide bonds. The van der Waals surface area contributed by atoms with Crippen LogP contribution in [0.1, 0.15) is 17.5 Å². The highest BCUT2D eigenvalue weighted by molar-refractivity contribution is 5.96. The van der Waals surface area contributed by atoms with Gasteiger partial charge in [-0.3, -0.25) is 4.79 Å². The largest absolute Gasteiger partial charge is 0.320 e. The van der Waals surface area contributed by atoms with Crippen molar-refractivity contribution in [2.75, 3.05) is 11.9 Å². The van der Waals surface area contributed by atoms with Crippen LogP contribution >= 0.6 is 0 Å². The average Bonchev–Trinajstić information content (AvgIpc) is 2.52. The summed E-state index contributed by atoms with van der Waals surface area (Å²) in [5.41, 5.74) is 9.27. The second-order valence-electron chi connectivity index (χ2n) is 5.37. The van der Waals surface area contributed by atoms with Gasteiger partial charge in [0.2, 0.25) is 5.91 Å². The Bertz CT molecular complexity index is 595. The average molecular weight is 282 g/mol. The molecule has 21 heavy (non-hydrogen) atoms. The number of nitrogens with zero attached hydrogens (tertiary/aromatic N) is 1. The lowest BCUT2D eigenvalue weighted by Crippen LogP contribution is -2.42. The van der Waals surface area contributed by atoms with Crippen molar-refractivity contribution in [2.45, 2.75) is 25.8 Å². The second kappa shape index (κ2) is 7.04. The molecule has 0 aliphatic heterocycles. The molecule has 0 bridgehead atoms. The summed E-state index contributed by atoms with van der Waals surface area (Å²) < 4.78 is 0. The highest BCUT2D eigenvalue weighted by atomic mass is 16.2. The highest BCUT2D eigenvalue weighted by Crippen LogP contribution is 2.16. The van der Waals surface area contributed by atoms with E-state index in [4.69, 9.17) is 5.73 Å². The minimum Gasteiger partial charge on any atom is -0.320 e. The molecule has 1 unspecified atom stereocenters. The normalized spacial score (nSPS) is 12.0. The maximum absolute atomic E-state index is 12.4. The number of aryl methyl sites for hydroxylation is 2. The topological polar surface area (TPSA) is 46.3 Å². The van der Waals surface area contributed by atoms with Gasteiger partial charge in [0, 0.05) is 12.7 Å². The first-order valence-electron chi connectivity index (χ1n) is 7.21. The van der Waals surface area contributed by atoms with E-state index in [9.17, 15) is 4.79 Å². The Balaban J connectivity index is 1.95. The summed E-state index contributed by atoms with van der Waals surface area (Å²) in [7, 11) is 1.78. The zero-order valence-electron chi connectivity index (χ0n) is 12.6. The fourth-order valence-electron chi connectivity index (χ4n) is 2.30. The Hall–Kier alpha value is -2.13. The van der Waals surface area contributed by atoms with Gasteiger partial charge in [-0.05, 0) is 43.0 Å². The predicted octanol–water partition coefficient (Wildman–Crippen LogP) is 2.92. The van der Waals surface area contributed by atoms with E-state index in [0.29, 0.717) is 6.42 Å². The van der Waals surface area contributed by atoms with Crippen molar-refractivity contribution in [3.8, 4) is 0 Å². The Morgan fingerprint density at radius 1 is 1.14 bits per heavy atom. The van der Waals surface area contributed by atoms with E-state index >= 15 is 0 Å². The number of likely N-dealkylation sites (N-methyl/N-ethyl adjacent to an activating group) is 1. The Morgan fingerprint density at radius 2 is 1.86 bits per heavy atom. The smallest absolute Gasteiger partial charge is 0.243 e. The molecule has 0 spiro atoms. The van der Waals surface area contributed by atoms with Crippen LogP contribution in [0.5, 0.6) is 0 Å². The van der Waals surface area contributed by atoms with E-state index in [1.807, 2.05) is 49.4 Å². The quantitative estimate of drug-likeness (QED) is 0.916. The third-order valence-electron chi connectivity index (χ3n) is 3.62. The third-order valence-corrected chi connectivity index (χ3v) is 3.62. The number of benzene rings is 2. The molecule has 110 valence electrons. The van der Waals surface area contributed by atoms with Gasteiger partial charge in [0.05, 0.1) is 6.04 Å². The van der Waals surface area contributed by atoms with Crippen molar-refractivity contribution in [2.24, 2.45) is 5.73 Å². The van der Waals surface area contributed by atoms with Crippen LogP contribution < -0.4 is 10.6 Å². The van der Waals surface area contributed by atoms with Crippen LogP contribution in [0.25, 0.3) is 0 Å². The first-order chi connectivity index (χ1) is 10.1. The van der Waals surface area contributed by atoms with E-state index in [0.717, 1.165) is 17.7 Å². The minimum atomic E-state index is -0.476. The molecule has 1 atom stereocenters. The molecule has 2 aromatic carbocycles. The number of carbonyl (C=O) groups is 1. The van der Waals surface area contributed by atoms with Crippen molar-refractivity contribution >= 4 is 11.6 Å². The minimum absolute atomic E-state index is 0.0449. The molecule has 0 aromatic heterocycles. The molecule has 2 aromatic rings. The molecular formula is C18H22N2O. The zero-order valence-corrected chi connectivity index (χ0v) is 12.6.